The number of aromatic nitrogens is 1. The lowest BCUT2D eigenvalue weighted by Gasteiger charge is -2.39. The van der Waals surface area contributed by atoms with Crippen LogP contribution in [0.2, 0.25) is 0 Å². The fraction of sp³-hybridized carbons (Fsp3) is 0.682. The van der Waals surface area contributed by atoms with Crippen LogP contribution in [0.4, 0.5) is 0 Å². The molecule has 0 aromatic carbocycles. The number of rotatable bonds is 5. The first kappa shape index (κ1) is 18.5. The summed E-state index contributed by atoms with van der Waals surface area (Å²) < 4.78 is 0. The van der Waals surface area contributed by atoms with Crippen molar-refractivity contribution in [1.29, 1.82) is 0 Å². The number of carbonyl (C=O) groups is 2. The summed E-state index contributed by atoms with van der Waals surface area (Å²) in [5.41, 5.74) is 0.656. The van der Waals surface area contributed by atoms with E-state index in [-0.39, 0.29) is 11.9 Å². The quantitative estimate of drug-likeness (QED) is 0.861. The third kappa shape index (κ3) is 4.33. The standard InChI is InChI=1S/C22H31N3O2/c26-21(9-6-16-4-2-1-3-5-16)25-19-7-8-20(25)15-18(14-19)24-22(27)17-10-12-23-13-11-17/h10-13,16,18-20H,1-9,14-15H2,(H,24,27). The summed E-state index contributed by atoms with van der Waals surface area (Å²) in [6.45, 7) is 0. The van der Waals surface area contributed by atoms with Gasteiger partial charge in [0.05, 0.1) is 0 Å². The highest BCUT2D eigenvalue weighted by atomic mass is 16.2. The van der Waals surface area contributed by atoms with Crippen LogP contribution in [0.1, 0.15) is 81.0 Å². The summed E-state index contributed by atoms with van der Waals surface area (Å²) in [7, 11) is 0. The van der Waals surface area contributed by atoms with Gasteiger partial charge in [-0.15, -0.1) is 0 Å². The van der Waals surface area contributed by atoms with Gasteiger partial charge >= 0.3 is 0 Å². The van der Waals surface area contributed by atoms with Crippen LogP contribution >= 0.6 is 0 Å². The second kappa shape index (κ2) is 8.41. The first-order valence-electron chi connectivity index (χ1n) is 10.7. The third-order valence-corrected chi connectivity index (χ3v) is 6.79. The molecule has 2 aliphatic heterocycles. The summed E-state index contributed by atoms with van der Waals surface area (Å²) in [6.07, 6.45) is 15.7. The highest BCUT2D eigenvalue weighted by Gasteiger charge is 2.43. The van der Waals surface area contributed by atoms with E-state index in [0.29, 0.717) is 30.0 Å². The molecule has 3 fully saturated rings. The largest absolute Gasteiger partial charge is 0.349 e. The Bertz CT molecular complexity index is 643. The molecule has 1 saturated carbocycles. The van der Waals surface area contributed by atoms with Crippen molar-refractivity contribution in [2.45, 2.75) is 88.8 Å². The van der Waals surface area contributed by atoms with E-state index >= 15 is 0 Å². The second-order valence-electron chi connectivity index (χ2n) is 8.61. The number of nitrogens with one attached hydrogen (secondary N) is 1. The minimum absolute atomic E-state index is 0.0288. The van der Waals surface area contributed by atoms with Crippen LogP contribution in [-0.2, 0) is 4.79 Å². The smallest absolute Gasteiger partial charge is 0.251 e. The molecule has 146 valence electrons. The van der Waals surface area contributed by atoms with Crippen LogP contribution in [0.5, 0.6) is 0 Å². The van der Waals surface area contributed by atoms with Gasteiger partial charge < -0.3 is 10.2 Å². The average molecular weight is 370 g/mol. The number of carbonyl (C=O) groups excluding carboxylic acids is 2. The molecule has 1 aromatic rings. The maximum Gasteiger partial charge on any atom is 0.251 e. The molecule has 4 rings (SSSR count). The number of hydrogen-bond donors (Lipinski definition) is 1. The first-order valence-corrected chi connectivity index (χ1v) is 10.7. The van der Waals surface area contributed by atoms with Crippen molar-refractivity contribution in [2.24, 2.45) is 5.92 Å². The van der Waals surface area contributed by atoms with Gasteiger partial charge in [-0.25, -0.2) is 0 Å². The molecule has 1 aliphatic carbocycles. The van der Waals surface area contributed by atoms with Gasteiger partial charge in [0.25, 0.3) is 5.91 Å². The lowest BCUT2D eigenvalue weighted by molar-refractivity contribution is -0.136. The summed E-state index contributed by atoms with van der Waals surface area (Å²) >= 11 is 0. The minimum atomic E-state index is -0.0288. The minimum Gasteiger partial charge on any atom is -0.349 e. The summed E-state index contributed by atoms with van der Waals surface area (Å²) in [5, 5.41) is 3.17. The molecule has 5 heteroatoms. The highest BCUT2D eigenvalue weighted by molar-refractivity contribution is 5.94. The third-order valence-electron chi connectivity index (χ3n) is 6.79. The van der Waals surface area contributed by atoms with Crippen molar-refractivity contribution in [2.75, 3.05) is 0 Å². The second-order valence-corrected chi connectivity index (χ2v) is 8.61. The Morgan fingerprint density at radius 2 is 1.67 bits per heavy atom. The van der Waals surface area contributed by atoms with E-state index in [1.807, 2.05) is 0 Å². The summed E-state index contributed by atoms with van der Waals surface area (Å²) in [6, 6.07) is 4.28. The van der Waals surface area contributed by atoms with Crippen LogP contribution in [0.15, 0.2) is 24.5 Å². The number of nitrogens with zero attached hydrogens (tertiary/aromatic N) is 2. The molecule has 0 radical (unpaired) electrons. The van der Waals surface area contributed by atoms with E-state index in [4.69, 9.17) is 0 Å². The first-order chi connectivity index (χ1) is 13.2. The van der Waals surface area contributed by atoms with Crippen LogP contribution in [-0.4, -0.2) is 39.8 Å². The van der Waals surface area contributed by atoms with Crippen LogP contribution in [0, 0.1) is 5.92 Å². The Balaban J connectivity index is 1.29. The lowest BCUT2D eigenvalue weighted by Crippen LogP contribution is -2.52. The zero-order valence-electron chi connectivity index (χ0n) is 16.1. The van der Waals surface area contributed by atoms with Gasteiger partial charge in [-0.2, -0.15) is 0 Å². The van der Waals surface area contributed by atoms with E-state index < -0.39 is 0 Å². The molecule has 2 amide bonds. The van der Waals surface area contributed by atoms with E-state index in [1.165, 1.54) is 32.1 Å². The number of hydrogen-bond acceptors (Lipinski definition) is 3. The predicted molar refractivity (Wildman–Crippen MR) is 104 cm³/mol. The fourth-order valence-electron chi connectivity index (χ4n) is 5.41. The Morgan fingerprint density at radius 1 is 1.00 bits per heavy atom. The number of fused-ring (bicyclic) bond motifs is 2. The normalized spacial score (nSPS) is 28.1. The van der Waals surface area contributed by atoms with Crippen molar-refractivity contribution in [3.05, 3.63) is 30.1 Å². The zero-order chi connectivity index (χ0) is 18.6. The van der Waals surface area contributed by atoms with E-state index in [2.05, 4.69) is 15.2 Å². The van der Waals surface area contributed by atoms with Crippen molar-refractivity contribution in [3.63, 3.8) is 0 Å². The SMILES string of the molecule is O=C(NC1CC2CCC(C1)N2C(=O)CCC1CCCCC1)c1ccncc1. The molecule has 2 bridgehead atoms. The number of piperidine rings is 1. The molecule has 2 unspecified atom stereocenters. The molecule has 2 atom stereocenters. The maximum absolute atomic E-state index is 12.9. The predicted octanol–water partition coefficient (Wildman–Crippen LogP) is 3.69. The van der Waals surface area contributed by atoms with Gasteiger partial charge in [0.15, 0.2) is 0 Å². The average Bonchev–Trinajstić information content (AvgIpc) is 2.98. The molecule has 0 spiro atoms. The van der Waals surface area contributed by atoms with Crippen molar-refractivity contribution < 1.29 is 9.59 Å². The summed E-state index contributed by atoms with van der Waals surface area (Å²) in [4.78, 5) is 31.4. The van der Waals surface area contributed by atoms with E-state index in [1.54, 1.807) is 24.5 Å². The molecular formula is C22H31N3O2. The van der Waals surface area contributed by atoms with Crippen molar-refractivity contribution >= 4 is 11.8 Å². The maximum atomic E-state index is 12.9. The van der Waals surface area contributed by atoms with Gasteiger partial charge in [0.2, 0.25) is 5.91 Å². The molecular weight excluding hydrogens is 338 g/mol. The topological polar surface area (TPSA) is 62.3 Å². The Hall–Kier alpha value is -1.91. The Labute approximate surface area is 161 Å². The molecule has 5 nitrogen and oxygen atoms in total. The van der Waals surface area contributed by atoms with E-state index in [9.17, 15) is 9.59 Å². The van der Waals surface area contributed by atoms with Crippen LogP contribution in [0.3, 0.4) is 0 Å². The number of pyridine rings is 1. The lowest BCUT2D eigenvalue weighted by atomic mass is 9.86. The Morgan fingerprint density at radius 3 is 2.33 bits per heavy atom. The van der Waals surface area contributed by atoms with Gasteiger partial charge in [0, 0.05) is 42.5 Å². The van der Waals surface area contributed by atoms with Crippen LogP contribution < -0.4 is 5.32 Å². The molecule has 3 heterocycles. The monoisotopic (exact) mass is 369 g/mol. The molecule has 3 aliphatic rings. The van der Waals surface area contributed by atoms with Crippen LogP contribution in [0.25, 0.3) is 0 Å². The van der Waals surface area contributed by atoms with Crippen molar-refractivity contribution in [3.8, 4) is 0 Å². The Kier molecular flexibility index (Phi) is 5.74. The fourth-order valence-corrected chi connectivity index (χ4v) is 5.41. The van der Waals surface area contributed by atoms with Gasteiger partial charge in [-0.3, -0.25) is 14.6 Å². The van der Waals surface area contributed by atoms with E-state index in [0.717, 1.165) is 38.0 Å². The number of amides is 2. The molecule has 1 aromatic heterocycles. The summed E-state index contributed by atoms with van der Waals surface area (Å²) in [5.74, 6) is 1.09. The van der Waals surface area contributed by atoms with Gasteiger partial charge in [-0.1, -0.05) is 32.1 Å². The molecule has 1 N–H and O–H groups in total. The molecule has 2 saturated heterocycles. The van der Waals surface area contributed by atoms with Gasteiger partial charge in [0.1, 0.15) is 0 Å². The highest BCUT2D eigenvalue weighted by Crippen LogP contribution is 2.37. The molecule has 27 heavy (non-hydrogen) atoms. The van der Waals surface area contributed by atoms with Gasteiger partial charge in [-0.05, 0) is 50.2 Å². The van der Waals surface area contributed by atoms with Crippen molar-refractivity contribution in [1.82, 2.24) is 15.2 Å². The zero-order valence-corrected chi connectivity index (χ0v) is 16.1.